The van der Waals surface area contributed by atoms with Crippen molar-refractivity contribution in [3.63, 3.8) is 0 Å². The van der Waals surface area contributed by atoms with Gasteiger partial charge in [0, 0.05) is 19.2 Å². The second kappa shape index (κ2) is 8.53. The normalized spacial score (nSPS) is 19.5. The van der Waals surface area contributed by atoms with Gasteiger partial charge in [-0.15, -0.1) is 0 Å². The summed E-state index contributed by atoms with van der Waals surface area (Å²) >= 11 is 0. The highest BCUT2D eigenvalue weighted by atomic mass is 16.5. The molecule has 1 heterocycles. The topological polar surface area (TPSA) is 88.2 Å². The summed E-state index contributed by atoms with van der Waals surface area (Å²) < 4.78 is 10.7. The van der Waals surface area contributed by atoms with E-state index >= 15 is 0 Å². The van der Waals surface area contributed by atoms with Gasteiger partial charge in [0.25, 0.3) is 5.91 Å². The number of hydrogen-bond donors (Lipinski definition) is 1. The molecule has 0 aromatic heterocycles. The number of urea groups is 1. The van der Waals surface area contributed by atoms with Crippen LogP contribution in [0, 0.1) is 0 Å². The highest BCUT2D eigenvalue weighted by Gasteiger charge is 2.54. The molecule has 1 atom stereocenters. The van der Waals surface area contributed by atoms with E-state index in [9.17, 15) is 14.4 Å². The van der Waals surface area contributed by atoms with Gasteiger partial charge in [0.1, 0.15) is 12.1 Å². The van der Waals surface area contributed by atoms with Crippen molar-refractivity contribution in [2.24, 2.45) is 0 Å². The minimum atomic E-state index is -1.08. The van der Waals surface area contributed by atoms with Crippen LogP contribution < -0.4 is 14.8 Å². The molecule has 1 aliphatic heterocycles. The number of fused-ring (bicyclic) bond motifs is 2. The fourth-order valence-electron chi connectivity index (χ4n) is 4.63. The zero-order valence-electron chi connectivity index (χ0n) is 18.5. The van der Waals surface area contributed by atoms with Crippen LogP contribution in [0.15, 0.2) is 42.5 Å². The van der Waals surface area contributed by atoms with Crippen molar-refractivity contribution in [3.05, 3.63) is 59.2 Å². The molecule has 4 amide bonds. The molecule has 2 aromatic carbocycles. The average molecular weight is 437 g/mol. The van der Waals surface area contributed by atoms with E-state index in [1.165, 1.54) is 12.0 Å². The van der Waals surface area contributed by atoms with Gasteiger partial charge in [-0.25, -0.2) is 4.79 Å². The monoisotopic (exact) mass is 437 g/mol. The maximum atomic E-state index is 13.4. The molecule has 1 aliphatic carbocycles. The van der Waals surface area contributed by atoms with Crippen LogP contribution in [0.4, 0.5) is 4.79 Å². The van der Waals surface area contributed by atoms with Crippen LogP contribution in [0.5, 0.6) is 11.5 Å². The molecule has 8 heteroatoms. The first-order chi connectivity index (χ1) is 15.4. The minimum Gasteiger partial charge on any atom is -0.493 e. The molecule has 2 aliphatic rings. The Balaban J connectivity index is 1.51. The van der Waals surface area contributed by atoms with E-state index in [0.717, 1.165) is 34.4 Å². The van der Waals surface area contributed by atoms with E-state index in [-0.39, 0.29) is 24.9 Å². The number of likely N-dealkylation sites (N-methyl/N-ethyl adjacent to an activating group) is 1. The number of benzene rings is 2. The first kappa shape index (κ1) is 21.7. The zero-order valence-corrected chi connectivity index (χ0v) is 18.5. The van der Waals surface area contributed by atoms with Crippen molar-refractivity contribution in [1.82, 2.24) is 15.1 Å². The Kier molecular flexibility index (Phi) is 5.78. The van der Waals surface area contributed by atoms with E-state index in [0.29, 0.717) is 17.9 Å². The lowest BCUT2D eigenvalue weighted by Gasteiger charge is -2.33. The molecule has 168 valence electrons. The predicted octanol–water partition coefficient (Wildman–Crippen LogP) is 2.45. The molecule has 0 unspecified atom stereocenters. The fourth-order valence-corrected chi connectivity index (χ4v) is 4.63. The Morgan fingerprint density at radius 2 is 1.91 bits per heavy atom. The fraction of sp³-hybridized carbons (Fsp3) is 0.375. The van der Waals surface area contributed by atoms with Crippen molar-refractivity contribution >= 4 is 17.8 Å². The summed E-state index contributed by atoms with van der Waals surface area (Å²) in [5.74, 6) is 0.398. The number of imide groups is 1. The number of para-hydroxylation sites is 1. The van der Waals surface area contributed by atoms with E-state index in [1.54, 1.807) is 20.2 Å². The first-order valence-corrected chi connectivity index (χ1v) is 10.6. The number of aryl methyl sites for hydroxylation is 1. The van der Waals surface area contributed by atoms with Crippen LogP contribution in [-0.2, 0) is 28.1 Å². The van der Waals surface area contributed by atoms with Crippen LogP contribution in [0.3, 0.4) is 0 Å². The predicted molar refractivity (Wildman–Crippen MR) is 117 cm³/mol. The molecule has 0 bridgehead atoms. The summed E-state index contributed by atoms with van der Waals surface area (Å²) in [6.07, 6.45) is 2.18. The van der Waals surface area contributed by atoms with Crippen molar-refractivity contribution in [2.75, 3.05) is 27.8 Å². The zero-order chi connectivity index (χ0) is 22.9. The quantitative estimate of drug-likeness (QED) is 0.702. The molecule has 0 saturated carbocycles. The molecule has 4 rings (SSSR count). The van der Waals surface area contributed by atoms with Crippen molar-refractivity contribution in [2.45, 2.75) is 31.3 Å². The van der Waals surface area contributed by atoms with E-state index in [2.05, 4.69) is 5.32 Å². The highest BCUT2D eigenvalue weighted by molar-refractivity contribution is 6.09. The third kappa shape index (κ3) is 3.55. The number of carbonyl (C=O) groups is 3. The molecule has 8 nitrogen and oxygen atoms in total. The number of methoxy groups -OCH3 is 2. The van der Waals surface area contributed by atoms with Gasteiger partial charge in [-0.1, -0.05) is 36.4 Å². The van der Waals surface area contributed by atoms with Gasteiger partial charge in [-0.2, -0.15) is 0 Å². The molecule has 1 spiro atoms. The lowest BCUT2D eigenvalue weighted by molar-refractivity contribution is -0.139. The highest BCUT2D eigenvalue weighted by Crippen LogP contribution is 2.40. The van der Waals surface area contributed by atoms with Crippen LogP contribution in [0.2, 0.25) is 0 Å². The summed E-state index contributed by atoms with van der Waals surface area (Å²) in [7, 11) is 4.72. The molecule has 1 fully saturated rings. The molecular formula is C24H27N3O5. The summed E-state index contributed by atoms with van der Waals surface area (Å²) in [6.45, 7) is -0.0752. The van der Waals surface area contributed by atoms with Crippen molar-refractivity contribution < 1.29 is 23.9 Å². The van der Waals surface area contributed by atoms with Gasteiger partial charge in [0.15, 0.2) is 11.5 Å². The Morgan fingerprint density at radius 3 is 2.66 bits per heavy atom. The Hall–Kier alpha value is -3.55. The Bertz CT molecular complexity index is 1070. The molecule has 2 aromatic rings. The Morgan fingerprint density at radius 1 is 1.12 bits per heavy atom. The van der Waals surface area contributed by atoms with E-state index in [4.69, 9.17) is 9.47 Å². The van der Waals surface area contributed by atoms with Gasteiger partial charge in [-0.3, -0.25) is 14.5 Å². The van der Waals surface area contributed by atoms with Crippen LogP contribution in [0.1, 0.15) is 29.5 Å². The lowest BCUT2D eigenvalue weighted by atomic mass is 9.76. The third-order valence-corrected chi connectivity index (χ3v) is 6.26. The van der Waals surface area contributed by atoms with Gasteiger partial charge in [-0.05, 0) is 36.5 Å². The minimum absolute atomic E-state index is 0.247. The van der Waals surface area contributed by atoms with Gasteiger partial charge < -0.3 is 19.7 Å². The first-order valence-electron chi connectivity index (χ1n) is 10.6. The molecule has 1 N–H and O–H groups in total. The maximum absolute atomic E-state index is 13.4. The number of carbonyl (C=O) groups excluding carboxylic acids is 3. The Labute approximate surface area is 187 Å². The van der Waals surface area contributed by atoms with Crippen LogP contribution in [0.25, 0.3) is 0 Å². The lowest BCUT2D eigenvalue weighted by Crippen LogP contribution is -2.47. The van der Waals surface area contributed by atoms with Gasteiger partial charge in [0.2, 0.25) is 5.91 Å². The summed E-state index contributed by atoms with van der Waals surface area (Å²) in [5, 5.41) is 2.88. The van der Waals surface area contributed by atoms with E-state index in [1.807, 2.05) is 36.4 Å². The maximum Gasteiger partial charge on any atom is 0.325 e. The van der Waals surface area contributed by atoms with Crippen molar-refractivity contribution in [1.29, 1.82) is 0 Å². The summed E-state index contributed by atoms with van der Waals surface area (Å²) in [5.41, 5.74) is 1.57. The largest absolute Gasteiger partial charge is 0.493 e. The average Bonchev–Trinajstić information content (AvgIpc) is 3.03. The van der Waals surface area contributed by atoms with Gasteiger partial charge in [0.05, 0.1) is 14.2 Å². The number of nitrogens with one attached hydrogen (secondary N) is 1. The van der Waals surface area contributed by atoms with Crippen LogP contribution >= 0.6 is 0 Å². The smallest absolute Gasteiger partial charge is 0.325 e. The molecule has 1 saturated heterocycles. The van der Waals surface area contributed by atoms with Crippen LogP contribution in [-0.4, -0.2) is 55.5 Å². The molecular weight excluding hydrogens is 410 g/mol. The van der Waals surface area contributed by atoms with Crippen molar-refractivity contribution in [3.8, 4) is 11.5 Å². The SMILES string of the molecule is COc1cccc(CN(C)C(=O)CN2C(=O)N[C@]3(CCCc4ccccc43)C2=O)c1OC. The third-order valence-electron chi connectivity index (χ3n) is 6.26. The number of nitrogens with zero attached hydrogens (tertiary/aromatic N) is 2. The summed E-state index contributed by atoms with van der Waals surface area (Å²) in [4.78, 5) is 41.6. The number of amides is 4. The van der Waals surface area contributed by atoms with Gasteiger partial charge >= 0.3 is 6.03 Å². The summed E-state index contributed by atoms with van der Waals surface area (Å²) in [6, 6.07) is 12.6. The molecule has 32 heavy (non-hydrogen) atoms. The number of ether oxygens (including phenoxy) is 2. The number of rotatable bonds is 6. The second-order valence-corrected chi connectivity index (χ2v) is 8.14. The second-order valence-electron chi connectivity index (χ2n) is 8.14. The standard InChI is InChI=1S/C24H27N3O5/c1-26(14-17-9-6-12-19(31-2)21(17)32-3)20(28)15-27-22(29)24(25-23(27)30)13-7-10-16-8-4-5-11-18(16)24/h4-6,8-9,11-12H,7,10,13-15H2,1-3H3,(H,25,30)/t24-/m0/s1. The number of hydrogen-bond acceptors (Lipinski definition) is 5. The molecule has 0 radical (unpaired) electrons. The van der Waals surface area contributed by atoms with E-state index < -0.39 is 11.6 Å².